The highest BCUT2D eigenvalue weighted by atomic mass is 35.5. The molecule has 8 rings (SSSR count). The molecule has 0 spiro atoms. The maximum absolute atomic E-state index is 14.0. The number of allylic oxidation sites excluding steroid dienone is 1. The van der Waals surface area contributed by atoms with Crippen molar-refractivity contribution in [2.75, 3.05) is 69.2 Å². The van der Waals surface area contributed by atoms with E-state index in [1.807, 2.05) is 30.3 Å². The van der Waals surface area contributed by atoms with Gasteiger partial charge in [-0.25, -0.2) is 13.1 Å². The first-order valence-corrected chi connectivity index (χ1v) is 23.4. The van der Waals surface area contributed by atoms with Gasteiger partial charge in [0.2, 0.25) is 0 Å². The smallest absolute Gasteiger partial charge is 0.293 e. The number of aliphatic hydroxyl groups is 1. The van der Waals surface area contributed by atoms with Gasteiger partial charge < -0.3 is 29.9 Å². The number of nitro benzene ring substituents is 1. The molecule has 1 aliphatic carbocycles. The van der Waals surface area contributed by atoms with Gasteiger partial charge >= 0.3 is 0 Å². The first-order chi connectivity index (χ1) is 30.2. The predicted octanol–water partition coefficient (Wildman–Crippen LogP) is 8.30. The number of rotatable bonds is 14. The van der Waals surface area contributed by atoms with E-state index in [0.29, 0.717) is 25.1 Å². The molecule has 3 aliphatic rings. The average molecular weight is 897 g/mol. The van der Waals surface area contributed by atoms with E-state index < -0.39 is 31.4 Å². The molecule has 0 bridgehead atoms. The number of β-amino-alcohol motifs (C(OH)–C–C–N with tert-alkyl or cyclic N) is 1. The number of amides is 1. The number of likely N-dealkylation sites (tertiary alicyclic amines) is 1. The predicted molar refractivity (Wildman–Crippen MR) is 247 cm³/mol. The SMILES string of the molecule is CC1(C)CCC(CN2CCN(c3ccc(C(=O)NS(=O)(=O)c4ccc(NC5CCN(CCO)CC5)c([N+](=O)[O-])c4)c(Oc4cccc5[nH]ccc45)c3)CC2)=C(c2ccc(Cl)cc2)C1. The number of piperidine rings is 1. The summed E-state index contributed by atoms with van der Waals surface area (Å²) in [6.45, 7) is 10.7. The number of sulfonamides is 1. The Morgan fingerprint density at radius 2 is 1.71 bits per heavy atom. The van der Waals surface area contributed by atoms with Crippen molar-refractivity contribution in [2.24, 2.45) is 5.41 Å². The van der Waals surface area contributed by atoms with Crippen molar-refractivity contribution in [2.45, 2.75) is 56.9 Å². The Morgan fingerprint density at radius 1 is 0.952 bits per heavy atom. The lowest BCUT2D eigenvalue weighted by Gasteiger charge is -2.39. The van der Waals surface area contributed by atoms with Gasteiger partial charge in [0.25, 0.3) is 21.6 Å². The third kappa shape index (κ3) is 10.3. The van der Waals surface area contributed by atoms with E-state index >= 15 is 0 Å². The molecule has 4 aromatic carbocycles. The summed E-state index contributed by atoms with van der Waals surface area (Å²) in [7, 11) is -4.57. The number of aromatic amines is 1. The minimum atomic E-state index is -4.57. The fourth-order valence-electron chi connectivity index (χ4n) is 8.99. The molecule has 63 heavy (non-hydrogen) atoms. The average Bonchev–Trinajstić information content (AvgIpc) is 3.76. The summed E-state index contributed by atoms with van der Waals surface area (Å²) in [5.41, 5.74) is 5.74. The molecule has 2 fully saturated rings. The summed E-state index contributed by atoms with van der Waals surface area (Å²) in [5, 5.41) is 26.2. The second-order valence-corrected chi connectivity index (χ2v) is 19.6. The van der Waals surface area contributed by atoms with Crippen molar-refractivity contribution in [3.63, 3.8) is 0 Å². The number of aromatic nitrogens is 1. The summed E-state index contributed by atoms with van der Waals surface area (Å²) in [4.78, 5) is 35.2. The highest BCUT2D eigenvalue weighted by Gasteiger charge is 2.31. The van der Waals surface area contributed by atoms with Gasteiger partial charge in [-0.2, -0.15) is 0 Å². The van der Waals surface area contributed by atoms with Crippen LogP contribution in [0.3, 0.4) is 0 Å². The van der Waals surface area contributed by atoms with E-state index in [9.17, 15) is 28.4 Å². The van der Waals surface area contributed by atoms with Crippen LogP contribution in [0, 0.1) is 15.5 Å². The highest BCUT2D eigenvalue weighted by molar-refractivity contribution is 7.90. The lowest BCUT2D eigenvalue weighted by molar-refractivity contribution is -0.384. The maximum Gasteiger partial charge on any atom is 0.293 e. The Hall–Kier alpha value is -5.45. The number of carbonyl (C=O) groups excluding carboxylic acids is 1. The number of hydrogen-bond acceptors (Lipinski definition) is 11. The molecule has 4 N–H and O–H groups in total. The molecule has 16 heteroatoms. The summed E-state index contributed by atoms with van der Waals surface area (Å²) in [5.74, 6) is -0.303. The molecule has 0 unspecified atom stereocenters. The van der Waals surface area contributed by atoms with Crippen LogP contribution in [0.4, 0.5) is 17.1 Å². The monoisotopic (exact) mass is 895 g/mol. The van der Waals surface area contributed by atoms with E-state index in [1.165, 1.54) is 28.8 Å². The van der Waals surface area contributed by atoms with Crippen molar-refractivity contribution in [1.82, 2.24) is 19.5 Å². The molecule has 0 radical (unpaired) electrons. The zero-order valence-electron chi connectivity index (χ0n) is 35.6. The standard InChI is InChI=1S/C47H54ClN7O7S/c1-47(2)18-14-33(40(30-47)32-6-8-34(48)9-7-32)31-53-22-24-54(25-23-53)36-10-12-39(45(28-36)62-44-5-3-4-41-38(44)15-19-49-41)46(57)51-63(60,61)37-11-13-42(43(29-37)55(58)59)50-35-16-20-52(21-17-35)26-27-56/h3-13,15,19,28-29,35,49-50,56H,14,16-18,20-27,30-31H2,1-2H3,(H,51,57). The first kappa shape index (κ1) is 44.2. The van der Waals surface area contributed by atoms with Crippen molar-refractivity contribution in [1.29, 1.82) is 0 Å². The van der Waals surface area contributed by atoms with Crippen LogP contribution >= 0.6 is 11.6 Å². The highest BCUT2D eigenvalue weighted by Crippen LogP contribution is 2.44. The number of aliphatic hydroxyl groups excluding tert-OH is 1. The quantitative estimate of drug-likeness (QED) is 0.0624. The Kier molecular flexibility index (Phi) is 13.1. The van der Waals surface area contributed by atoms with Gasteiger partial charge in [0.05, 0.1) is 22.0 Å². The number of carbonyl (C=O) groups is 1. The number of ether oxygens (including phenoxy) is 1. The number of nitrogens with one attached hydrogen (secondary N) is 3. The number of piperazine rings is 1. The van der Waals surface area contributed by atoms with E-state index in [4.69, 9.17) is 16.3 Å². The van der Waals surface area contributed by atoms with Gasteiger partial charge in [0.15, 0.2) is 0 Å². The summed E-state index contributed by atoms with van der Waals surface area (Å²) in [6, 6.07) is 24.2. The van der Waals surface area contributed by atoms with Crippen LogP contribution in [0.15, 0.2) is 102 Å². The van der Waals surface area contributed by atoms with E-state index in [2.05, 4.69) is 55.7 Å². The van der Waals surface area contributed by atoms with Crippen molar-refractivity contribution in [3.05, 3.63) is 123 Å². The number of benzene rings is 4. The molecule has 0 saturated carbocycles. The number of nitrogens with zero attached hydrogens (tertiary/aromatic N) is 4. The topological polar surface area (TPSA) is 173 Å². The Morgan fingerprint density at radius 3 is 2.44 bits per heavy atom. The van der Waals surface area contributed by atoms with Crippen LogP contribution in [0.2, 0.25) is 5.02 Å². The number of H-pyrrole nitrogens is 1. The second-order valence-electron chi connectivity index (χ2n) is 17.5. The molecule has 14 nitrogen and oxygen atoms in total. The molecule has 5 aromatic rings. The van der Waals surface area contributed by atoms with Crippen molar-refractivity contribution >= 4 is 61.1 Å². The lowest BCUT2D eigenvalue weighted by Crippen LogP contribution is -2.47. The van der Waals surface area contributed by atoms with Crippen LogP contribution < -0.4 is 19.7 Å². The van der Waals surface area contributed by atoms with Gasteiger partial charge in [-0.05, 0) is 103 Å². The van der Waals surface area contributed by atoms with Gasteiger partial charge in [0.1, 0.15) is 17.2 Å². The fourth-order valence-corrected chi connectivity index (χ4v) is 10.1. The Labute approximate surface area is 373 Å². The number of nitro groups is 1. The molecule has 2 saturated heterocycles. The van der Waals surface area contributed by atoms with E-state index in [1.54, 1.807) is 30.5 Å². The molecule has 1 aromatic heterocycles. The molecular weight excluding hydrogens is 842 g/mol. The molecule has 0 atom stereocenters. The summed E-state index contributed by atoms with van der Waals surface area (Å²) < 4.78 is 36.1. The molecule has 332 valence electrons. The lowest BCUT2D eigenvalue weighted by atomic mass is 9.72. The molecule has 2 aliphatic heterocycles. The van der Waals surface area contributed by atoms with Crippen LogP contribution in [0.25, 0.3) is 16.5 Å². The third-order valence-corrected chi connectivity index (χ3v) is 14.2. The molecule has 3 heterocycles. The van der Waals surface area contributed by atoms with Gasteiger partial charge in [-0.1, -0.05) is 49.2 Å². The van der Waals surface area contributed by atoms with Gasteiger partial charge in [-0.15, -0.1) is 0 Å². The Balaban J connectivity index is 1.00. The van der Waals surface area contributed by atoms with Crippen LogP contribution in [0.5, 0.6) is 11.5 Å². The van der Waals surface area contributed by atoms with Crippen LogP contribution in [-0.4, -0.2) is 104 Å². The van der Waals surface area contributed by atoms with Crippen molar-refractivity contribution < 1.29 is 28.0 Å². The maximum atomic E-state index is 14.0. The minimum Gasteiger partial charge on any atom is -0.456 e. The largest absolute Gasteiger partial charge is 0.456 e. The van der Waals surface area contributed by atoms with E-state index in [-0.39, 0.29) is 35.1 Å². The fraction of sp³-hybridized carbons (Fsp3) is 0.383. The number of fused-ring (bicyclic) bond motifs is 1. The third-order valence-electron chi connectivity index (χ3n) is 12.6. The normalized spacial score (nSPS) is 17.8. The van der Waals surface area contributed by atoms with Crippen LogP contribution in [0.1, 0.15) is 61.9 Å². The summed E-state index contributed by atoms with van der Waals surface area (Å²) in [6.07, 6.45) is 6.39. The first-order valence-electron chi connectivity index (χ1n) is 21.5. The van der Waals surface area contributed by atoms with Gasteiger partial charge in [0, 0.05) is 98.3 Å². The second kappa shape index (κ2) is 18.7. The minimum absolute atomic E-state index is 0.0179. The van der Waals surface area contributed by atoms with Crippen LogP contribution in [-0.2, 0) is 10.0 Å². The number of anilines is 2. The van der Waals surface area contributed by atoms with E-state index in [0.717, 1.165) is 92.8 Å². The Bertz CT molecular complexity index is 2620. The van der Waals surface area contributed by atoms with Crippen molar-refractivity contribution in [3.8, 4) is 11.5 Å². The zero-order chi connectivity index (χ0) is 44.3. The molecule has 1 amide bonds. The number of halogens is 1. The number of hydrogen-bond donors (Lipinski definition) is 4. The van der Waals surface area contributed by atoms with Gasteiger partial charge in [-0.3, -0.25) is 19.8 Å². The zero-order valence-corrected chi connectivity index (χ0v) is 37.2. The summed E-state index contributed by atoms with van der Waals surface area (Å²) >= 11 is 6.25. The molecular formula is C47H54ClN7O7S.